The van der Waals surface area contributed by atoms with Crippen LogP contribution in [0.4, 0.5) is 0 Å². The van der Waals surface area contributed by atoms with Gasteiger partial charge >= 0.3 is 11.9 Å². The average molecular weight is 673 g/mol. The van der Waals surface area contributed by atoms with Crippen LogP contribution >= 0.6 is 0 Å². The summed E-state index contributed by atoms with van der Waals surface area (Å²) >= 11 is 0. The summed E-state index contributed by atoms with van der Waals surface area (Å²) in [6, 6.07) is 0. The van der Waals surface area contributed by atoms with Gasteiger partial charge in [0.05, 0.1) is 0 Å². The van der Waals surface area contributed by atoms with Crippen LogP contribution in [-0.2, 0) is 49.7 Å². The van der Waals surface area contributed by atoms with Crippen molar-refractivity contribution >= 4 is 48.4 Å². The maximum atomic E-state index is 11.5. The minimum Gasteiger partial charge on any atom is -0.657 e. The van der Waals surface area contributed by atoms with E-state index >= 15 is 0 Å². The molecule has 0 radical (unpaired) electrons. The Morgan fingerprint density at radius 2 is 1.09 bits per heavy atom. The van der Waals surface area contributed by atoms with Crippen LogP contribution in [-0.4, -0.2) is 22.2 Å². The number of hydrogen-bond donors (Lipinski definition) is 2. The fraction of sp³-hybridized carbons (Fsp3) is 0.235. The number of aliphatic carboxylic acids is 2. The summed E-state index contributed by atoms with van der Waals surface area (Å²) in [6.45, 7) is 15.9. The second-order valence-electron chi connectivity index (χ2n) is 10.6. The molecule has 0 saturated carbocycles. The number of fused-ring (bicyclic) bond motifs is 8. The molecule has 218 valence electrons. The number of aromatic nitrogens is 4. The van der Waals surface area contributed by atoms with Gasteiger partial charge in [0.1, 0.15) is 0 Å². The van der Waals surface area contributed by atoms with Gasteiger partial charge in [-0.2, -0.15) is 0 Å². The third-order valence-corrected chi connectivity index (χ3v) is 8.06. The van der Waals surface area contributed by atoms with Gasteiger partial charge in [0, 0.05) is 40.1 Å². The van der Waals surface area contributed by atoms with Gasteiger partial charge in [-0.15, -0.1) is 44.2 Å². The fourth-order valence-corrected chi connectivity index (χ4v) is 5.61. The number of carbonyl (C=O) groups is 2. The number of carboxylic acids is 2. The van der Waals surface area contributed by atoms with Gasteiger partial charge in [-0.1, -0.05) is 83.0 Å². The average Bonchev–Trinajstić information content (AvgIpc) is 3.59. The molecule has 2 N–H and O–H groups in total. The van der Waals surface area contributed by atoms with E-state index in [-0.39, 0.29) is 40.1 Å². The van der Waals surface area contributed by atoms with Crippen molar-refractivity contribution in [2.45, 2.75) is 53.4 Å². The van der Waals surface area contributed by atoms with Crippen LogP contribution in [0, 0.1) is 27.7 Å². The molecule has 5 heterocycles. The van der Waals surface area contributed by atoms with Crippen molar-refractivity contribution in [2.24, 2.45) is 0 Å². The molecular weight excluding hydrogens is 641 g/mol. The van der Waals surface area contributed by atoms with Crippen LogP contribution in [0.5, 0.6) is 0 Å². The fourth-order valence-electron chi connectivity index (χ4n) is 5.61. The van der Waals surface area contributed by atoms with Crippen molar-refractivity contribution in [3.63, 3.8) is 0 Å². The summed E-state index contributed by atoms with van der Waals surface area (Å²) in [5.74, 6) is -1.80. The Morgan fingerprint density at radius 3 is 1.72 bits per heavy atom. The van der Waals surface area contributed by atoms with Crippen molar-refractivity contribution in [3.8, 4) is 0 Å². The molecule has 0 unspecified atom stereocenters. The van der Waals surface area contributed by atoms with E-state index in [2.05, 4.69) is 13.2 Å². The molecule has 0 aliphatic carbocycles. The third kappa shape index (κ3) is 6.06. The van der Waals surface area contributed by atoms with E-state index < -0.39 is 11.9 Å². The summed E-state index contributed by atoms with van der Waals surface area (Å²) in [6.07, 6.45) is 11.7. The van der Waals surface area contributed by atoms with Crippen molar-refractivity contribution < 1.29 is 47.1 Å². The zero-order valence-corrected chi connectivity index (χ0v) is 28.9. The molecule has 8 bridgehead atoms. The van der Waals surface area contributed by atoms with Crippen molar-refractivity contribution in [3.05, 3.63) is 102 Å². The zero-order valence-electron chi connectivity index (χ0n) is 24.9. The second-order valence-corrected chi connectivity index (χ2v) is 10.6. The molecule has 0 atom stereocenters. The SMILES string of the molecule is C=Cc1c2[n-]c(c1C)/C=c1\[n-]/c(c(CCC(=O)O)c1C)=C\c1[n-]c(c(C)c1CCC(=O)O)/C=c1\[n-]/c(c(C)c1C=C)=C\2.[Cd]. The molecule has 5 rings (SSSR count). The molecule has 1 aliphatic rings. The van der Waals surface area contributed by atoms with Gasteiger partial charge in [-0.3, -0.25) is 9.59 Å². The minimum absolute atomic E-state index is 0. The predicted octanol–water partition coefficient (Wildman–Crippen LogP) is 1.70. The maximum absolute atomic E-state index is 11.5. The molecule has 4 aromatic heterocycles. The van der Waals surface area contributed by atoms with E-state index in [0.717, 1.165) is 61.2 Å². The van der Waals surface area contributed by atoms with Crippen molar-refractivity contribution in [1.82, 2.24) is 19.9 Å². The van der Waals surface area contributed by atoms with Crippen LogP contribution in [0.15, 0.2) is 13.2 Å². The number of carboxylic acid groups (broad SMARTS) is 2. The first-order valence-electron chi connectivity index (χ1n) is 13.8. The normalized spacial score (nSPS) is 15.0. The van der Waals surface area contributed by atoms with Crippen LogP contribution in [0.2, 0.25) is 0 Å². The predicted molar refractivity (Wildman–Crippen MR) is 163 cm³/mol. The Hall–Kier alpha value is -4.06. The number of rotatable bonds is 8. The Labute approximate surface area is 269 Å². The molecule has 43 heavy (non-hydrogen) atoms. The molecule has 0 spiro atoms. The molecule has 1 aliphatic heterocycles. The van der Waals surface area contributed by atoms with Gasteiger partial charge in [-0.05, 0) is 51.7 Å². The Balaban J connectivity index is 0.00000423. The Kier molecular flexibility index (Phi) is 9.39. The van der Waals surface area contributed by atoms with E-state index in [4.69, 9.17) is 19.9 Å². The Bertz CT molecular complexity index is 2030. The third-order valence-electron chi connectivity index (χ3n) is 8.06. The molecule has 0 fully saturated rings. The first-order chi connectivity index (χ1) is 20.0. The minimum atomic E-state index is -0.898. The van der Waals surface area contributed by atoms with Gasteiger partial charge in [-0.25, -0.2) is 0 Å². The van der Waals surface area contributed by atoms with Gasteiger partial charge < -0.3 is 30.1 Å². The van der Waals surface area contributed by atoms with E-state index in [0.29, 0.717) is 40.3 Å². The molecule has 8 nitrogen and oxygen atoms in total. The van der Waals surface area contributed by atoms with Crippen LogP contribution in [0.3, 0.4) is 0 Å². The molecular formula is C34H32CdN4O4-4. The first kappa shape index (κ1) is 31.9. The van der Waals surface area contributed by atoms with Crippen molar-refractivity contribution in [2.75, 3.05) is 0 Å². The van der Waals surface area contributed by atoms with Gasteiger partial charge in [0.15, 0.2) is 0 Å². The molecule has 4 aromatic rings. The van der Waals surface area contributed by atoms with Crippen LogP contribution in [0.1, 0.15) is 80.1 Å². The zero-order chi connectivity index (χ0) is 30.3. The summed E-state index contributed by atoms with van der Waals surface area (Å²) in [5.41, 5.74) is 9.84. The first-order valence-corrected chi connectivity index (χ1v) is 13.8. The largest absolute Gasteiger partial charge is 0.657 e. The van der Waals surface area contributed by atoms with Crippen LogP contribution < -0.4 is 41.3 Å². The van der Waals surface area contributed by atoms with E-state index in [1.807, 2.05) is 52.0 Å². The summed E-state index contributed by atoms with van der Waals surface area (Å²) in [5, 5.41) is 21.7. The quantitative estimate of drug-likeness (QED) is 0.238. The monoisotopic (exact) mass is 674 g/mol. The molecule has 0 amide bonds. The molecule has 0 aromatic carbocycles. The standard InChI is InChI=1S/C34H32N4O4.Cd/c1-7-21-17(3)25-13-26-19(5)23(9-11-33(39)40)31(37-26)16-32-24(10-12-34(41)42)20(6)28(38-32)15-30-22(8-2)18(4)27(36-30)14-29(21)35-25;/h7-8,13-16H,1-2,9-12H2,3-6H3,(H,39,40)(H,41,42);/q-4;/b25-13?,26-13-,27-14-,28-15?,29-14?,30-15-,31-16-,32-16?;. The number of nitrogens with zero attached hydrogens (tertiary/aromatic N) is 4. The van der Waals surface area contributed by atoms with E-state index in [9.17, 15) is 19.8 Å². The Morgan fingerprint density at radius 1 is 0.605 bits per heavy atom. The van der Waals surface area contributed by atoms with Crippen LogP contribution in [0.25, 0.3) is 36.5 Å². The maximum Gasteiger partial charge on any atom is 0.303 e. The molecule has 9 heteroatoms. The van der Waals surface area contributed by atoms with E-state index in [1.54, 1.807) is 12.2 Å². The topological polar surface area (TPSA) is 131 Å². The molecule has 0 saturated heterocycles. The summed E-state index contributed by atoms with van der Waals surface area (Å²) in [4.78, 5) is 42.7. The van der Waals surface area contributed by atoms with E-state index in [1.165, 1.54) is 0 Å². The summed E-state index contributed by atoms with van der Waals surface area (Å²) in [7, 11) is 0. The van der Waals surface area contributed by atoms with Gasteiger partial charge in [0.25, 0.3) is 0 Å². The van der Waals surface area contributed by atoms with Gasteiger partial charge in [0.2, 0.25) is 0 Å². The smallest absolute Gasteiger partial charge is 0.303 e. The summed E-state index contributed by atoms with van der Waals surface area (Å²) < 4.78 is 0. The second kappa shape index (κ2) is 12.7. The van der Waals surface area contributed by atoms with Crippen molar-refractivity contribution in [1.29, 1.82) is 0 Å². The number of hydrogen-bond acceptors (Lipinski definition) is 2.